The first-order valence-corrected chi connectivity index (χ1v) is 9.89. The highest BCUT2D eigenvalue weighted by Gasteiger charge is 2.29. The molecular weight excluding hydrogens is 328 g/mol. The molecule has 1 aliphatic heterocycles. The Morgan fingerprint density at radius 3 is 2.54 bits per heavy atom. The van der Waals surface area contributed by atoms with Gasteiger partial charge in [0.05, 0.1) is 11.5 Å². The Morgan fingerprint density at radius 1 is 1.25 bits per heavy atom. The minimum absolute atomic E-state index is 0.0460. The van der Waals surface area contributed by atoms with Crippen LogP contribution in [0.15, 0.2) is 18.2 Å². The van der Waals surface area contributed by atoms with Crippen LogP contribution in [0.3, 0.4) is 0 Å². The van der Waals surface area contributed by atoms with Crippen LogP contribution in [0.25, 0.3) is 0 Å². The molecule has 0 saturated carbocycles. The number of hydrogen-bond acceptors (Lipinski definition) is 4. The van der Waals surface area contributed by atoms with Crippen LogP contribution in [-0.4, -0.2) is 37.8 Å². The molecule has 0 bridgehead atoms. The maximum atomic E-state index is 12.2. The summed E-state index contributed by atoms with van der Waals surface area (Å²) >= 11 is 0. The van der Waals surface area contributed by atoms with E-state index in [1.54, 1.807) is 0 Å². The van der Waals surface area contributed by atoms with Gasteiger partial charge in [-0.2, -0.15) is 0 Å². The molecule has 0 spiro atoms. The summed E-state index contributed by atoms with van der Waals surface area (Å²) in [6, 6.07) is 5.41. The molecule has 7 heteroatoms. The highest BCUT2D eigenvalue weighted by Crippen LogP contribution is 2.27. The van der Waals surface area contributed by atoms with Gasteiger partial charge in [-0.25, -0.2) is 8.42 Å². The topological polar surface area (TPSA) is 92.3 Å². The molecule has 0 aromatic heterocycles. The van der Waals surface area contributed by atoms with Gasteiger partial charge in [0.25, 0.3) is 0 Å². The number of carbonyl (C=O) groups excluding carboxylic acids is 2. The van der Waals surface area contributed by atoms with E-state index in [0.29, 0.717) is 6.42 Å². The van der Waals surface area contributed by atoms with Crippen LogP contribution >= 0.6 is 0 Å². The average Bonchev–Trinajstić information content (AvgIpc) is 2.79. The summed E-state index contributed by atoms with van der Waals surface area (Å²) in [6.45, 7) is 5.99. The molecular formula is C17H24N2O4S. The van der Waals surface area contributed by atoms with Gasteiger partial charge in [0, 0.05) is 11.7 Å². The van der Waals surface area contributed by atoms with E-state index in [1.165, 1.54) is 0 Å². The summed E-state index contributed by atoms with van der Waals surface area (Å²) in [5.41, 5.74) is 2.70. The number of rotatable bonds is 5. The van der Waals surface area contributed by atoms with Gasteiger partial charge < -0.3 is 10.6 Å². The molecule has 1 unspecified atom stereocenters. The molecule has 1 aromatic carbocycles. The molecule has 1 fully saturated rings. The third kappa shape index (κ3) is 4.80. The summed E-state index contributed by atoms with van der Waals surface area (Å²) in [7, 11) is -3.05. The SMILES string of the molecule is Cc1cccc(C(C)C)c1NC(=O)CC(=O)NC1CCS(=O)(=O)C1. The van der Waals surface area contributed by atoms with Crippen LogP contribution in [0, 0.1) is 6.92 Å². The molecule has 2 N–H and O–H groups in total. The Balaban J connectivity index is 1.95. The average molecular weight is 352 g/mol. The molecule has 2 amide bonds. The monoisotopic (exact) mass is 352 g/mol. The lowest BCUT2D eigenvalue weighted by molar-refractivity contribution is -0.127. The first-order valence-electron chi connectivity index (χ1n) is 8.07. The number of anilines is 1. The number of para-hydroxylation sites is 1. The minimum atomic E-state index is -3.05. The van der Waals surface area contributed by atoms with Crippen molar-refractivity contribution in [3.63, 3.8) is 0 Å². The summed E-state index contributed by atoms with van der Waals surface area (Å²) in [4.78, 5) is 24.1. The first kappa shape index (κ1) is 18.4. The van der Waals surface area contributed by atoms with Crippen LogP contribution in [0.2, 0.25) is 0 Å². The number of nitrogens with one attached hydrogen (secondary N) is 2. The van der Waals surface area contributed by atoms with Crippen LogP contribution in [0.1, 0.15) is 43.7 Å². The van der Waals surface area contributed by atoms with Gasteiger partial charge in [-0.05, 0) is 30.4 Å². The van der Waals surface area contributed by atoms with Crippen LogP contribution in [0.5, 0.6) is 0 Å². The van der Waals surface area contributed by atoms with Crippen molar-refractivity contribution < 1.29 is 18.0 Å². The van der Waals surface area contributed by atoms with E-state index in [4.69, 9.17) is 0 Å². The highest BCUT2D eigenvalue weighted by atomic mass is 32.2. The number of carbonyl (C=O) groups is 2. The molecule has 0 radical (unpaired) electrons. The molecule has 2 rings (SSSR count). The fraction of sp³-hybridized carbons (Fsp3) is 0.529. The molecule has 1 heterocycles. The van der Waals surface area contributed by atoms with Crippen LogP contribution < -0.4 is 10.6 Å². The zero-order valence-electron chi connectivity index (χ0n) is 14.3. The maximum Gasteiger partial charge on any atom is 0.233 e. The van der Waals surface area contributed by atoms with E-state index in [9.17, 15) is 18.0 Å². The lowest BCUT2D eigenvalue weighted by atomic mass is 9.98. The van der Waals surface area contributed by atoms with E-state index in [0.717, 1.165) is 16.8 Å². The number of sulfone groups is 1. The van der Waals surface area contributed by atoms with Crippen molar-refractivity contribution in [1.82, 2.24) is 5.32 Å². The summed E-state index contributed by atoms with van der Waals surface area (Å²) in [6.07, 6.45) is 0.0907. The van der Waals surface area contributed by atoms with Crippen LogP contribution in [0.4, 0.5) is 5.69 Å². The van der Waals surface area contributed by atoms with Gasteiger partial charge in [0.1, 0.15) is 6.42 Å². The molecule has 1 aromatic rings. The van der Waals surface area contributed by atoms with E-state index in [-0.39, 0.29) is 29.9 Å². The fourth-order valence-electron chi connectivity index (χ4n) is 2.86. The van der Waals surface area contributed by atoms with E-state index in [2.05, 4.69) is 10.6 Å². The fourth-order valence-corrected chi connectivity index (χ4v) is 4.53. The largest absolute Gasteiger partial charge is 0.352 e. The zero-order valence-corrected chi connectivity index (χ0v) is 15.1. The third-order valence-electron chi connectivity index (χ3n) is 4.11. The van der Waals surface area contributed by atoms with Crippen molar-refractivity contribution in [2.75, 3.05) is 16.8 Å². The second-order valence-corrected chi connectivity index (χ2v) is 8.81. The minimum Gasteiger partial charge on any atom is -0.352 e. The predicted molar refractivity (Wildman–Crippen MR) is 93.7 cm³/mol. The Morgan fingerprint density at radius 2 is 1.96 bits per heavy atom. The Hall–Kier alpha value is -1.89. The van der Waals surface area contributed by atoms with Gasteiger partial charge in [0.2, 0.25) is 11.8 Å². The van der Waals surface area contributed by atoms with Crippen molar-refractivity contribution >= 4 is 27.3 Å². The van der Waals surface area contributed by atoms with Gasteiger partial charge in [-0.15, -0.1) is 0 Å². The lowest BCUT2D eigenvalue weighted by Crippen LogP contribution is -2.37. The number of aryl methyl sites for hydroxylation is 1. The summed E-state index contributed by atoms with van der Waals surface area (Å²) in [5, 5.41) is 5.44. The van der Waals surface area contributed by atoms with E-state index >= 15 is 0 Å². The summed E-state index contributed by atoms with van der Waals surface area (Å²) < 4.78 is 22.8. The standard InChI is InChI=1S/C17H24N2O4S/c1-11(2)14-6-4-5-12(3)17(14)19-16(21)9-15(20)18-13-7-8-24(22,23)10-13/h4-6,11,13H,7-10H2,1-3H3,(H,18,20)(H,19,21). The Bertz CT molecular complexity index is 741. The second-order valence-electron chi connectivity index (χ2n) is 6.59. The van der Waals surface area contributed by atoms with E-state index in [1.807, 2.05) is 39.0 Å². The Kier molecular flexibility index (Phi) is 5.64. The number of benzene rings is 1. The quantitative estimate of drug-likeness (QED) is 0.790. The van der Waals surface area contributed by atoms with Gasteiger partial charge >= 0.3 is 0 Å². The Labute approximate surface area is 142 Å². The molecule has 132 valence electrons. The van der Waals surface area contributed by atoms with Gasteiger partial charge in [-0.3, -0.25) is 9.59 Å². The number of hydrogen-bond donors (Lipinski definition) is 2. The maximum absolute atomic E-state index is 12.2. The molecule has 1 saturated heterocycles. The summed E-state index contributed by atoms with van der Waals surface area (Å²) in [5.74, 6) is -0.558. The van der Waals surface area contributed by atoms with Crippen molar-refractivity contribution in [1.29, 1.82) is 0 Å². The van der Waals surface area contributed by atoms with Gasteiger partial charge in [-0.1, -0.05) is 32.0 Å². The second kappa shape index (κ2) is 7.34. The smallest absolute Gasteiger partial charge is 0.233 e. The molecule has 0 aliphatic carbocycles. The number of amides is 2. The van der Waals surface area contributed by atoms with Crippen LogP contribution in [-0.2, 0) is 19.4 Å². The van der Waals surface area contributed by atoms with Gasteiger partial charge in [0.15, 0.2) is 9.84 Å². The molecule has 24 heavy (non-hydrogen) atoms. The predicted octanol–water partition coefficient (Wildman–Crippen LogP) is 1.75. The first-order chi connectivity index (χ1) is 11.2. The van der Waals surface area contributed by atoms with E-state index < -0.39 is 21.7 Å². The third-order valence-corrected chi connectivity index (χ3v) is 5.88. The molecule has 6 nitrogen and oxygen atoms in total. The molecule has 1 aliphatic rings. The van der Waals surface area contributed by atoms with Crippen molar-refractivity contribution in [2.24, 2.45) is 0 Å². The molecule has 1 atom stereocenters. The van der Waals surface area contributed by atoms with Crippen molar-refractivity contribution in [3.8, 4) is 0 Å². The highest BCUT2D eigenvalue weighted by molar-refractivity contribution is 7.91. The van der Waals surface area contributed by atoms with Crippen molar-refractivity contribution in [2.45, 2.75) is 45.6 Å². The van der Waals surface area contributed by atoms with Crippen molar-refractivity contribution in [3.05, 3.63) is 29.3 Å². The zero-order chi connectivity index (χ0) is 17.9. The normalized spacial score (nSPS) is 19.2. The lowest BCUT2D eigenvalue weighted by Gasteiger charge is -2.17.